The maximum Gasteiger partial charge on any atom is 0.257 e. The predicted molar refractivity (Wildman–Crippen MR) is 140 cm³/mol. The topological polar surface area (TPSA) is 106 Å². The number of nitrogen functional groups attached to an aromatic ring is 1. The fourth-order valence-electron chi connectivity index (χ4n) is 3.49. The van der Waals surface area contributed by atoms with Gasteiger partial charge in [-0.3, -0.25) is 9.78 Å². The smallest absolute Gasteiger partial charge is 0.257 e. The van der Waals surface area contributed by atoms with Crippen LogP contribution in [0.5, 0.6) is 0 Å². The van der Waals surface area contributed by atoms with Gasteiger partial charge in [-0.2, -0.15) is 0 Å². The van der Waals surface area contributed by atoms with Crippen molar-refractivity contribution in [3.05, 3.63) is 108 Å². The van der Waals surface area contributed by atoms with E-state index in [2.05, 4.69) is 20.6 Å². The summed E-state index contributed by atoms with van der Waals surface area (Å²) >= 11 is 1.54. The first-order valence-electron chi connectivity index (χ1n) is 11.0. The van der Waals surface area contributed by atoms with Gasteiger partial charge in [0.15, 0.2) is 5.58 Å². The molecule has 0 aliphatic carbocycles. The Morgan fingerprint density at radius 3 is 2.63 bits per heavy atom. The second-order valence-electron chi connectivity index (χ2n) is 7.90. The van der Waals surface area contributed by atoms with Crippen molar-refractivity contribution in [3.63, 3.8) is 0 Å². The molecule has 5 rings (SSSR count). The van der Waals surface area contributed by atoms with Crippen molar-refractivity contribution < 1.29 is 9.21 Å². The van der Waals surface area contributed by atoms with E-state index < -0.39 is 0 Å². The molecular weight excluding hydrogens is 458 g/mol. The van der Waals surface area contributed by atoms with Gasteiger partial charge in [0.25, 0.3) is 11.1 Å². The summed E-state index contributed by atoms with van der Waals surface area (Å²) in [5, 5.41) is 6.87. The number of aromatic nitrogens is 2. The zero-order chi connectivity index (χ0) is 24.0. The van der Waals surface area contributed by atoms with Crippen LogP contribution in [0.2, 0.25) is 0 Å². The van der Waals surface area contributed by atoms with Gasteiger partial charge in [0.1, 0.15) is 5.52 Å². The number of anilines is 3. The third-order valence-corrected chi connectivity index (χ3v) is 6.27. The van der Waals surface area contributed by atoms with Crippen LogP contribution in [0, 0.1) is 0 Å². The van der Waals surface area contributed by atoms with E-state index in [9.17, 15) is 4.79 Å². The van der Waals surface area contributed by atoms with Crippen molar-refractivity contribution in [2.24, 2.45) is 0 Å². The minimum Gasteiger partial charge on any atom is -0.431 e. The molecule has 0 unspecified atom stereocenters. The Balaban J connectivity index is 1.18. The predicted octanol–water partition coefficient (Wildman–Crippen LogP) is 5.96. The molecule has 0 saturated carbocycles. The lowest BCUT2D eigenvalue weighted by atomic mass is 10.1. The van der Waals surface area contributed by atoms with Crippen LogP contribution >= 0.6 is 11.8 Å². The molecule has 35 heavy (non-hydrogen) atoms. The first-order chi connectivity index (χ1) is 17.1. The molecule has 5 aromatic rings. The quantitative estimate of drug-likeness (QED) is 0.185. The lowest BCUT2D eigenvalue weighted by molar-refractivity contribution is 0.102. The Hall–Kier alpha value is -4.30. The molecule has 0 spiro atoms. The number of pyridine rings is 1. The monoisotopic (exact) mass is 481 g/mol. The first-order valence-corrected chi connectivity index (χ1v) is 12.0. The fourth-order valence-corrected chi connectivity index (χ4v) is 4.26. The number of oxazole rings is 1. The first kappa shape index (κ1) is 22.5. The van der Waals surface area contributed by atoms with Crippen molar-refractivity contribution in [1.82, 2.24) is 9.97 Å². The van der Waals surface area contributed by atoms with Crippen LogP contribution in [-0.4, -0.2) is 15.9 Å². The van der Waals surface area contributed by atoms with Crippen molar-refractivity contribution in [3.8, 4) is 0 Å². The lowest BCUT2D eigenvalue weighted by Crippen LogP contribution is -2.13. The zero-order valence-electron chi connectivity index (χ0n) is 18.8. The Kier molecular flexibility index (Phi) is 6.63. The molecule has 7 nitrogen and oxygen atoms in total. The number of carbonyl (C=O) groups is 1. The van der Waals surface area contributed by atoms with Crippen LogP contribution in [0.3, 0.4) is 0 Å². The number of nitrogens with zero attached hydrogens (tertiary/aromatic N) is 2. The summed E-state index contributed by atoms with van der Waals surface area (Å²) in [4.78, 5) is 21.2. The van der Waals surface area contributed by atoms with Crippen molar-refractivity contribution in [1.29, 1.82) is 0 Å². The molecule has 3 aromatic carbocycles. The van der Waals surface area contributed by atoms with Gasteiger partial charge in [-0.25, -0.2) is 4.98 Å². The van der Waals surface area contributed by atoms with E-state index in [1.807, 2.05) is 60.8 Å². The highest BCUT2D eigenvalue weighted by molar-refractivity contribution is 7.98. The van der Waals surface area contributed by atoms with E-state index in [4.69, 9.17) is 10.2 Å². The Bertz CT molecular complexity index is 1450. The van der Waals surface area contributed by atoms with E-state index in [1.54, 1.807) is 42.2 Å². The molecule has 2 aromatic heterocycles. The SMILES string of the molecule is Nc1ccccc1NC(=O)c1ccc(CNc2ccc3oc(SCc4cccnc4)nc3c2)cc1. The van der Waals surface area contributed by atoms with Crippen molar-refractivity contribution in [2.75, 3.05) is 16.4 Å². The molecule has 0 fully saturated rings. The Labute approximate surface area is 206 Å². The van der Waals surface area contributed by atoms with Crippen LogP contribution in [0.15, 0.2) is 101 Å². The molecular formula is C27H23N5O2S. The summed E-state index contributed by atoms with van der Waals surface area (Å²) in [5.74, 6) is 0.550. The summed E-state index contributed by atoms with van der Waals surface area (Å²) in [5.41, 5.74) is 12.3. The van der Waals surface area contributed by atoms with Crippen molar-refractivity contribution in [2.45, 2.75) is 17.5 Å². The molecule has 0 atom stereocenters. The summed E-state index contributed by atoms with van der Waals surface area (Å²) in [6, 6.07) is 24.5. The summed E-state index contributed by atoms with van der Waals surface area (Å²) in [6.45, 7) is 0.611. The van der Waals surface area contributed by atoms with Crippen LogP contribution in [0.25, 0.3) is 11.1 Å². The molecule has 0 radical (unpaired) electrons. The maximum atomic E-state index is 12.5. The molecule has 0 aliphatic rings. The number of rotatable bonds is 8. The number of thioether (sulfide) groups is 1. The average Bonchev–Trinajstić information content (AvgIpc) is 3.31. The third kappa shape index (κ3) is 5.62. The van der Waals surface area contributed by atoms with E-state index in [0.717, 1.165) is 33.7 Å². The minimum absolute atomic E-state index is 0.198. The van der Waals surface area contributed by atoms with Gasteiger partial charge in [0, 0.05) is 35.9 Å². The number of nitrogens with one attached hydrogen (secondary N) is 2. The number of nitrogens with two attached hydrogens (primary N) is 1. The largest absolute Gasteiger partial charge is 0.431 e. The molecule has 0 saturated heterocycles. The van der Waals surface area contributed by atoms with Crippen LogP contribution in [0.1, 0.15) is 21.5 Å². The highest BCUT2D eigenvalue weighted by Gasteiger charge is 2.09. The molecule has 1 amide bonds. The van der Waals surface area contributed by atoms with Gasteiger partial charge in [-0.15, -0.1) is 0 Å². The Morgan fingerprint density at radius 2 is 1.83 bits per heavy atom. The van der Waals surface area contributed by atoms with Crippen LogP contribution in [0.4, 0.5) is 17.1 Å². The van der Waals surface area contributed by atoms with E-state index >= 15 is 0 Å². The second kappa shape index (κ2) is 10.3. The van der Waals surface area contributed by atoms with Gasteiger partial charge >= 0.3 is 0 Å². The number of amides is 1. The van der Waals surface area contributed by atoms with Crippen LogP contribution < -0.4 is 16.4 Å². The van der Waals surface area contributed by atoms with E-state index in [1.165, 1.54) is 0 Å². The number of benzene rings is 3. The van der Waals surface area contributed by atoms with Gasteiger partial charge in [-0.1, -0.05) is 42.1 Å². The fraction of sp³-hybridized carbons (Fsp3) is 0.0741. The average molecular weight is 482 g/mol. The summed E-state index contributed by atoms with van der Waals surface area (Å²) in [7, 11) is 0. The third-order valence-electron chi connectivity index (χ3n) is 5.37. The lowest BCUT2D eigenvalue weighted by Gasteiger charge is -2.09. The second-order valence-corrected chi connectivity index (χ2v) is 8.83. The standard InChI is InChI=1S/C27H23N5O2S/c28-22-5-1-2-6-23(22)31-26(33)20-9-7-18(8-10-20)16-30-21-11-12-25-24(14-21)32-27(34-25)35-17-19-4-3-13-29-15-19/h1-15,30H,16-17,28H2,(H,31,33). The van der Waals surface area contributed by atoms with Crippen LogP contribution in [-0.2, 0) is 12.3 Å². The molecule has 8 heteroatoms. The number of hydrogen-bond donors (Lipinski definition) is 3. The molecule has 174 valence electrons. The number of carbonyl (C=O) groups excluding carboxylic acids is 1. The summed E-state index contributed by atoms with van der Waals surface area (Å²) < 4.78 is 5.85. The molecule has 4 N–H and O–H groups in total. The van der Waals surface area contributed by atoms with E-state index in [0.29, 0.717) is 28.7 Å². The number of hydrogen-bond acceptors (Lipinski definition) is 7. The van der Waals surface area contributed by atoms with Gasteiger partial charge in [-0.05, 0) is 59.7 Å². The van der Waals surface area contributed by atoms with Gasteiger partial charge in [0.05, 0.1) is 11.4 Å². The van der Waals surface area contributed by atoms with Crippen molar-refractivity contribution >= 4 is 45.8 Å². The normalized spacial score (nSPS) is 10.9. The van der Waals surface area contributed by atoms with Gasteiger partial charge < -0.3 is 20.8 Å². The molecule has 0 aliphatic heterocycles. The van der Waals surface area contributed by atoms with E-state index in [-0.39, 0.29) is 5.91 Å². The molecule has 0 bridgehead atoms. The highest BCUT2D eigenvalue weighted by atomic mass is 32.2. The minimum atomic E-state index is -0.198. The maximum absolute atomic E-state index is 12.5. The van der Waals surface area contributed by atoms with Gasteiger partial charge in [0.2, 0.25) is 0 Å². The molecule has 2 heterocycles. The Morgan fingerprint density at radius 1 is 0.971 bits per heavy atom. The summed E-state index contributed by atoms with van der Waals surface area (Å²) in [6.07, 6.45) is 3.60. The number of fused-ring (bicyclic) bond motifs is 1. The zero-order valence-corrected chi connectivity index (χ0v) is 19.6. The number of para-hydroxylation sites is 2. The highest BCUT2D eigenvalue weighted by Crippen LogP contribution is 2.28.